The summed E-state index contributed by atoms with van der Waals surface area (Å²) in [6.07, 6.45) is 0. The zero-order valence-electron chi connectivity index (χ0n) is 18.2. The number of phenols is 2. The third kappa shape index (κ3) is 5.44. The third-order valence-corrected chi connectivity index (χ3v) is 4.74. The molecule has 0 saturated heterocycles. The molecule has 4 nitrogen and oxygen atoms in total. The SMILES string of the molecule is CC.CN(C)c1ccc(C(c2ccc(N(C)C)cc2)c2cc(O)cc(O)c2)cc1. The molecule has 4 heteroatoms. The van der Waals surface area contributed by atoms with Gasteiger partial charge in [0.1, 0.15) is 11.5 Å². The molecule has 0 bridgehead atoms. The van der Waals surface area contributed by atoms with Crippen LogP contribution in [0.25, 0.3) is 0 Å². The van der Waals surface area contributed by atoms with Crippen molar-refractivity contribution in [1.29, 1.82) is 0 Å². The minimum absolute atomic E-state index is 0.0600. The van der Waals surface area contributed by atoms with Crippen molar-refractivity contribution < 1.29 is 10.2 Å². The molecule has 0 amide bonds. The molecule has 0 aliphatic carbocycles. The number of hydrogen-bond donors (Lipinski definition) is 2. The summed E-state index contributed by atoms with van der Waals surface area (Å²) in [5, 5.41) is 20.0. The molecular formula is C25H32N2O2. The molecule has 0 fully saturated rings. The molecule has 0 spiro atoms. The summed E-state index contributed by atoms with van der Waals surface area (Å²) >= 11 is 0. The Labute approximate surface area is 174 Å². The van der Waals surface area contributed by atoms with Crippen LogP contribution in [0.1, 0.15) is 36.5 Å². The van der Waals surface area contributed by atoms with Crippen molar-refractivity contribution in [3.8, 4) is 11.5 Å². The van der Waals surface area contributed by atoms with Crippen molar-refractivity contribution in [2.75, 3.05) is 38.0 Å². The van der Waals surface area contributed by atoms with Gasteiger partial charge in [0.15, 0.2) is 0 Å². The standard InChI is InChI=1S/C23H26N2O2.C2H6/c1-24(2)19-9-5-16(6-10-19)23(18-13-21(26)15-22(27)14-18)17-7-11-20(12-8-17)25(3)4;1-2/h5-15,23,26-27H,1-4H3;1-2H3. The third-order valence-electron chi connectivity index (χ3n) is 4.74. The maximum Gasteiger partial charge on any atom is 0.119 e. The van der Waals surface area contributed by atoms with Crippen LogP contribution in [0.3, 0.4) is 0 Å². The topological polar surface area (TPSA) is 46.9 Å². The van der Waals surface area contributed by atoms with E-state index >= 15 is 0 Å². The molecule has 0 heterocycles. The van der Waals surface area contributed by atoms with Gasteiger partial charge in [-0.25, -0.2) is 0 Å². The molecule has 0 radical (unpaired) electrons. The number of nitrogens with zero attached hydrogens (tertiary/aromatic N) is 2. The Hall–Kier alpha value is -3.14. The number of benzene rings is 3. The van der Waals surface area contributed by atoms with Crippen LogP contribution >= 0.6 is 0 Å². The molecule has 29 heavy (non-hydrogen) atoms. The quantitative estimate of drug-likeness (QED) is 0.568. The lowest BCUT2D eigenvalue weighted by molar-refractivity contribution is 0.449. The zero-order valence-corrected chi connectivity index (χ0v) is 18.2. The molecule has 0 aromatic heterocycles. The minimum atomic E-state index is -0.0876. The molecule has 0 aliphatic rings. The summed E-state index contributed by atoms with van der Waals surface area (Å²) in [6.45, 7) is 4.00. The molecular weight excluding hydrogens is 360 g/mol. The molecule has 3 aromatic rings. The van der Waals surface area contributed by atoms with E-state index in [1.54, 1.807) is 12.1 Å². The Morgan fingerprint density at radius 2 is 0.897 bits per heavy atom. The summed E-state index contributed by atoms with van der Waals surface area (Å²) in [5.41, 5.74) is 5.30. The lowest BCUT2D eigenvalue weighted by Gasteiger charge is -2.22. The molecule has 154 valence electrons. The fraction of sp³-hybridized carbons (Fsp3) is 0.280. The predicted octanol–water partition coefficient (Wildman–Crippen LogP) is 5.44. The first-order chi connectivity index (χ1) is 13.8. The fourth-order valence-electron chi connectivity index (χ4n) is 3.29. The molecule has 0 unspecified atom stereocenters. The number of rotatable bonds is 5. The maximum atomic E-state index is 10.00. The first-order valence-corrected chi connectivity index (χ1v) is 9.92. The van der Waals surface area contributed by atoms with Crippen LogP contribution in [-0.2, 0) is 0 Å². The van der Waals surface area contributed by atoms with Crippen molar-refractivity contribution in [2.45, 2.75) is 19.8 Å². The van der Waals surface area contributed by atoms with Crippen molar-refractivity contribution in [3.63, 3.8) is 0 Å². The Morgan fingerprint density at radius 1 is 0.552 bits per heavy atom. The molecule has 3 aromatic carbocycles. The van der Waals surface area contributed by atoms with Gasteiger partial charge in [-0.3, -0.25) is 0 Å². The van der Waals surface area contributed by atoms with Crippen LogP contribution in [0.4, 0.5) is 11.4 Å². The minimum Gasteiger partial charge on any atom is -0.508 e. The van der Waals surface area contributed by atoms with Crippen LogP contribution < -0.4 is 9.80 Å². The second-order valence-corrected chi connectivity index (χ2v) is 7.19. The molecule has 0 aliphatic heterocycles. The highest BCUT2D eigenvalue weighted by Gasteiger charge is 2.19. The van der Waals surface area contributed by atoms with Gasteiger partial charge < -0.3 is 20.0 Å². The highest BCUT2D eigenvalue weighted by molar-refractivity contribution is 5.54. The van der Waals surface area contributed by atoms with E-state index in [0.29, 0.717) is 0 Å². The molecule has 3 rings (SSSR count). The molecule has 0 saturated carbocycles. The molecule has 2 N–H and O–H groups in total. The largest absolute Gasteiger partial charge is 0.508 e. The Bertz CT molecular complexity index is 829. The van der Waals surface area contributed by atoms with Gasteiger partial charge in [0.2, 0.25) is 0 Å². The first-order valence-electron chi connectivity index (χ1n) is 9.92. The van der Waals surface area contributed by atoms with Crippen molar-refractivity contribution in [3.05, 3.63) is 83.4 Å². The van der Waals surface area contributed by atoms with Crippen LogP contribution in [0.5, 0.6) is 11.5 Å². The number of hydrogen-bond acceptors (Lipinski definition) is 4. The van der Waals surface area contributed by atoms with Crippen molar-refractivity contribution in [1.82, 2.24) is 0 Å². The van der Waals surface area contributed by atoms with Gasteiger partial charge in [0.05, 0.1) is 0 Å². The van der Waals surface area contributed by atoms with E-state index in [-0.39, 0.29) is 17.4 Å². The average molecular weight is 393 g/mol. The van der Waals surface area contributed by atoms with E-state index < -0.39 is 0 Å². The Balaban J connectivity index is 0.00000145. The van der Waals surface area contributed by atoms with Gasteiger partial charge in [0, 0.05) is 51.5 Å². The summed E-state index contributed by atoms with van der Waals surface area (Å²) in [5.74, 6) is 0.0325. The number of phenolic OH excluding ortho intramolecular Hbond substituents is 2. The van der Waals surface area contributed by atoms with Crippen molar-refractivity contribution >= 4 is 11.4 Å². The van der Waals surface area contributed by atoms with Crippen molar-refractivity contribution in [2.24, 2.45) is 0 Å². The Kier molecular flexibility index (Phi) is 7.54. The average Bonchev–Trinajstić information content (AvgIpc) is 2.70. The highest BCUT2D eigenvalue weighted by atomic mass is 16.3. The van der Waals surface area contributed by atoms with Gasteiger partial charge in [-0.15, -0.1) is 0 Å². The lowest BCUT2D eigenvalue weighted by atomic mass is 9.84. The van der Waals surface area contributed by atoms with Crippen LogP contribution in [0.2, 0.25) is 0 Å². The second kappa shape index (κ2) is 9.87. The molecule has 0 atom stereocenters. The summed E-state index contributed by atoms with van der Waals surface area (Å²) in [7, 11) is 8.05. The zero-order chi connectivity index (χ0) is 21.6. The monoisotopic (exact) mass is 392 g/mol. The Morgan fingerprint density at radius 3 is 1.21 bits per heavy atom. The van der Waals surface area contributed by atoms with Gasteiger partial charge in [-0.05, 0) is 53.1 Å². The van der Waals surface area contributed by atoms with E-state index in [1.807, 2.05) is 42.0 Å². The van der Waals surface area contributed by atoms with E-state index in [4.69, 9.17) is 0 Å². The lowest BCUT2D eigenvalue weighted by Crippen LogP contribution is -2.10. The maximum absolute atomic E-state index is 10.00. The number of aromatic hydroxyl groups is 2. The van der Waals surface area contributed by atoms with E-state index in [0.717, 1.165) is 28.1 Å². The summed E-state index contributed by atoms with van der Waals surface area (Å²) in [6, 6.07) is 21.5. The van der Waals surface area contributed by atoms with Gasteiger partial charge >= 0.3 is 0 Å². The van der Waals surface area contributed by atoms with Crippen LogP contribution in [0.15, 0.2) is 66.7 Å². The van der Waals surface area contributed by atoms with Crippen LogP contribution in [-0.4, -0.2) is 38.4 Å². The summed E-state index contributed by atoms with van der Waals surface area (Å²) < 4.78 is 0. The van der Waals surface area contributed by atoms with E-state index in [9.17, 15) is 10.2 Å². The smallest absolute Gasteiger partial charge is 0.119 e. The first kappa shape index (κ1) is 22.2. The van der Waals surface area contributed by atoms with Gasteiger partial charge in [-0.2, -0.15) is 0 Å². The fourth-order valence-corrected chi connectivity index (χ4v) is 3.29. The van der Waals surface area contributed by atoms with Crippen LogP contribution in [0, 0.1) is 0 Å². The number of anilines is 2. The predicted molar refractivity (Wildman–Crippen MR) is 124 cm³/mol. The van der Waals surface area contributed by atoms with Gasteiger partial charge in [-0.1, -0.05) is 38.1 Å². The second-order valence-electron chi connectivity index (χ2n) is 7.19. The van der Waals surface area contributed by atoms with Gasteiger partial charge in [0.25, 0.3) is 0 Å². The van der Waals surface area contributed by atoms with E-state index in [2.05, 4.69) is 58.3 Å². The van der Waals surface area contributed by atoms with E-state index in [1.165, 1.54) is 6.07 Å². The summed E-state index contributed by atoms with van der Waals surface area (Å²) in [4.78, 5) is 4.12. The normalized spacial score (nSPS) is 10.3. The highest BCUT2D eigenvalue weighted by Crippen LogP contribution is 2.36.